The molecule has 1 heterocycles. The van der Waals surface area contributed by atoms with Crippen LogP contribution in [0.5, 0.6) is 0 Å². The van der Waals surface area contributed by atoms with E-state index in [-0.39, 0.29) is 0 Å². The highest BCUT2D eigenvalue weighted by atomic mass is 16.5. The Labute approximate surface area is 99.1 Å². The zero-order chi connectivity index (χ0) is 11.8. The number of ether oxygens (including phenoxy) is 2. The summed E-state index contributed by atoms with van der Waals surface area (Å²) in [4.78, 5) is 2.48. The number of rotatable bonds is 7. The number of nitrogens with two attached hydrogens (primary N) is 1. The maximum atomic E-state index is 5.77. The van der Waals surface area contributed by atoms with Gasteiger partial charge in [-0.2, -0.15) is 0 Å². The van der Waals surface area contributed by atoms with Crippen molar-refractivity contribution >= 4 is 0 Å². The number of methoxy groups -OCH3 is 1. The summed E-state index contributed by atoms with van der Waals surface area (Å²) in [6, 6.07) is 0.523. The molecule has 1 fully saturated rings. The molecule has 4 nitrogen and oxygen atoms in total. The summed E-state index contributed by atoms with van der Waals surface area (Å²) in [6.45, 7) is 6.83. The van der Waals surface area contributed by atoms with Gasteiger partial charge in [-0.05, 0) is 32.7 Å². The first kappa shape index (κ1) is 13.9. The van der Waals surface area contributed by atoms with Gasteiger partial charge in [-0.3, -0.25) is 4.90 Å². The van der Waals surface area contributed by atoms with Gasteiger partial charge in [0.25, 0.3) is 0 Å². The molecule has 0 saturated carbocycles. The van der Waals surface area contributed by atoms with E-state index in [1.807, 2.05) is 0 Å². The molecule has 0 bridgehead atoms. The predicted molar refractivity (Wildman–Crippen MR) is 65.6 cm³/mol. The molecular formula is C12H26N2O2. The summed E-state index contributed by atoms with van der Waals surface area (Å²) < 4.78 is 10.9. The highest BCUT2D eigenvalue weighted by molar-refractivity contribution is 4.76. The first-order valence-corrected chi connectivity index (χ1v) is 6.32. The van der Waals surface area contributed by atoms with E-state index in [2.05, 4.69) is 11.8 Å². The molecule has 1 unspecified atom stereocenters. The van der Waals surface area contributed by atoms with E-state index >= 15 is 0 Å². The Morgan fingerprint density at radius 2 is 2.06 bits per heavy atom. The lowest BCUT2D eigenvalue weighted by Crippen LogP contribution is -2.44. The molecule has 96 valence electrons. The average molecular weight is 230 g/mol. The van der Waals surface area contributed by atoms with Gasteiger partial charge in [0, 0.05) is 32.8 Å². The Morgan fingerprint density at radius 1 is 1.38 bits per heavy atom. The highest BCUT2D eigenvalue weighted by Crippen LogP contribution is 2.16. The van der Waals surface area contributed by atoms with Crippen LogP contribution < -0.4 is 5.73 Å². The van der Waals surface area contributed by atoms with E-state index in [4.69, 9.17) is 15.2 Å². The summed E-state index contributed by atoms with van der Waals surface area (Å²) in [5.74, 6) is 0. The molecule has 0 aliphatic carbocycles. The molecule has 1 aliphatic rings. The normalized spacial score (nSPS) is 21.2. The third-order valence-corrected chi connectivity index (χ3v) is 3.21. The zero-order valence-corrected chi connectivity index (χ0v) is 10.7. The third-order valence-electron chi connectivity index (χ3n) is 3.21. The van der Waals surface area contributed by atoms with Gasteiger partial charge in [0.05, 0.1) is 12.7 Å². The Bertz CT molecular complexity index is 170. The van der Waals surface area contributed by atoms with Crippen LogP contribution >= 0.6 is 0 Å². The molecule has 0 amide bonds. The van der Waals surface area contributed by atoms with Crippen molar-refractivity contribution in [2.24, 2.45) is 5.73 Å². The lowest BCUT2D eigenvalue weighted by molar-refractivity contribution is -0.00920. The lowest BCUT2D eigenvalue weighted by atomic mass is 10.1. The number of hydrogen-bond donors (Lipinski definition) is 1. The Kier molecular flexibility index (Phi) is 6.96. The molecule has 0 aromatic heterocycles. The molecule has 1 atom stereocenters. The molecular weight excluding hydrogens is 204 g/mol. The second-order valence-corrected chi connectivity index (χ2v) is 4.55. The number of nitrogens with zero attached hydrogens (tertiary/aromatic N) is 1. The van der Waals surface area contributed by atoms with Gasteiger partial charge < -0.3 is 15.2 Å². The van der Waals surface area contributed by atoms with Crippen molar-refractivity contribution in [2.75, 3.05) is 40.0 Å². The molecule has 1 aliphatic heterocycles. The molecule has 16 heavy (non-hydrogen) atoms. The SMILES string of the molecule is COCC(C)N1CCC(OCCCN)CC1. The van der Waals surface area contributed by atoms with Crippen LogP contribution in [-0.2, 0) is 9.47 Å². The molecule has 0 aromatic rings. The molecule has 2 N–H and O–H groups in total. The molecule has 0 aromatic carbocycles. The van der Waals surface area contributed by atoms with Crippen molar-refractivity contribution in [1.82, 2.24) is 4.90 Å². The minimum atomic E-state index is 0.442. The third kappa shape index (κ3) is 4.78. The zero-order valence-electron chi connectivity index (χ0n) is 10.7. The average Bonchev–Trinajstić information content (AvgIpc) is 2.30. The van der Waals surface area contributed by atoms with Crippen molar-refractivity contribution in [3.63, 3.8) is 0 Å². The standard InChI is InChI=1S/C12H26N2O2/c1-11(10-15-2)14-7-4-12(5-8-14)16-9-3-6-13/h11-12H,3-10,13H2,1-2H3. The van der Waals surface area contributed by atoms with Gasteiger partial charge in [-0.1, -0.05) is 0 Å². The fourth-order valence-electron chi connectivity index (χ4n) is 2.16. The quantitative estimate of drug-likeness (QED) is 0.659. The molecule has 0 spiro atoms. The van der Waals surface area contributed by atoms with E-state index in [1.54, 1.807) is 7.11 Å². The number of hydrogen-bond acceptors (Lipinski definition) is 4. The van der Waals surface area contributed by atoms with Gasteiger partial charge in [0.2, 0.25) is 0 Å². The maximum Gasteiger partial charge on any atom is 0.0615 e. The van der Waals surface area contributed by atoms with Gasteiger partial charge >= 0.3 is 0 Å². The maximum absolute atomic E-state index is 5.77. The van der Waals surface area contributed by atoms with Crippen LogP contribution in [0.25, 0.3) is 0 Å². The Hall–Kier alpha value is -0.160. The fourth-order valence-corrected chi connectivity index (χ4v) is 2.16. The van der Waals surface area contributed by atoms with Crippen molar-refractivity contribution < 1.29 is 9.47 Å². The summed E-state index contributed by atoms with van der Waals surface area (Å²) in [5.41, 5.74) is 5.44. The summed E-state index contributed by atoms with van der Waals surface area (Å²) in [7, 11) is 1.76. The minimum Gasteiger partial charge on any atom is -0.383 e. The van der Waals surface area contributed by atoms with Gasteiger partial charge in [-0.15, -0.1) is 0 Å². The van der Waals surface area contributed by atoms with Crippen LogP contribution in [0.4, 0.5) is 0 Å². The summed E-state index contributed by atoms with van der Waals surface area (Å²) in [6.07, 6.45) is 3.69. The van der Waals surface area contributed by atoms with Crippen LogP contribution in [0.1, 0.15) is 26.2 Å². The van der Waals surface area contributed by atoms with Crippen molar-refractivity contribution in [3.05, 3.63) is 0 Å². The Balaban J connectivity index is 2.13. The lowest BCUT2D eigenvalue weighted by Gasteiger charge is -2.35. The monoisotopic (exact) mass is 230 g/mol. The first-order chi connectivity index (χ1) is 7.77. The topological polar surface area (TPSA) is 47.7 Å². The predicted octanol–water partition coefficient (Wildman–Crippen LogP) is 0.851. The van der Waals surface area contributed by atoms with E-state index in [1.165, 1.54) is 0 Å². The van der Waals surface area contributed by atoms with Gasteiger partial charge in [0.1, 0.15) is 0 Å². The second-order valence-electron chi connectivity index (χ2n) is 4.55. The van der Waals surface area contributed by atoms with Crippen LogP contribution in [-0.4, -0.2) is 57.0 Å². The van der Waals surface area contributed by atoms with Crippen LogP contribution in [0.3, 0.4) is 0 Å². The van der Waals surface area contributed by atoms with Crippen LogP contribution in [0.2, 0.25) is 0 Å². The minimum absolute atomic E-state index is 0.442. The van der Waals surface area contributed by atoms with Crippen molar-refractivity contribution in [1.29, 1.82) is 0 Å². The Morgan fingerprint density at radius 3 is 2.62 bits per heavy atom. The largest absolute Gasteiger partial charge is 0.383 e. The van der Waals surface area contributed by atoms with E-state index in [9.17, 15) is 0 Å². The summed E-state index contributed by atoms with van der Waals surface area (Å²) >= 11 is 0. The molecule has 1 saturated heterocycles. The fraction of sp³-hybridized carbons (Fsp3) is 1.00. The molecule has 4 heteroatoms. The second kappa shape index (κ2) is 8.01. The summed E-state index contributed by atoms with van der Waals surface area (Å²) in [5, 5.41) is 0. The molecule has 0 radical (unpaired) electrons. The van der Waals surface area contributed by atoms with Crippen LogP contribution in [0, 0.1) is 0 Å². The van der Waals surface area contributed by atoms with Gasteiger partial charge in [-0.25, -0.2) is 0 Å². The highest BCUT2D eigenvalue weighted by Gasteiger charge is 2.22. The van der Waals surface area contributed by atoms with E-state index in [0.29, 0.717) is 12.1 Å². The number of likely N-dealkylation sites (tertiary alicyclic amines) is 1. The van der Waals surface area contributed by atoms with E-state index < -0.39 is 0 Å². The number of piperidine rings is 1. The van der Waals surface area contributed by atoms with Gasteiger partial charge in [0.15, 0.2) is 0 Å². The van der Waals surface area contributed by atoms with Crippen molar-refractivity contribution in [3.8, 4) is 0 Å². The van der Waals surface area contributed by atoms with Crippen molar-refractivity contribution in [2.45, 2.75) is 38.3 Å². The smallest absolute Gasteiger partial charge is 0.0615 e. The first-order valence-electron chi connectivity index (χ1n) is 6.32. The van der Waals surface area contributed by atoms with Crippen LogP contribution in [0.15, 0.2) is 0 Å². The van der Waals surface area contributed by atoms with E-state index in [0.717, 1.165) is 52.1 Å². The molecule has 1 rings (SSSR count).